The lowest BCUT2D eigenvalue weighted by atomic mass is 9.85. The van der Waals surface area contributed by atoms with Gasteiger partial charge in [0.25, 0.3) is 0 Å². The summed E-state index contributed by atoms with van der Waals surface area (Å²) in [5.41, 5.74) is 0.995. The molecule has 2 aromatic rings. The Morgan fingerprint density at radius 2 is 1.85 bits per heavy atom. The summed E-state index contributed by atoms with van der Waals surface area (Å²) in [6, 6.07) is 5.37. The predicted molar refractivity (Wildman–Crippen MR) is 140 cm³/mol. The summed E-state index contributed by atoms with van der Waals surface area (Å²) in [6.45, 7) is 5.98. The van der Waals surface area contributed by atoms with Crippen LogP contribution in [-0.2, 0) is 16.8 Å². The molecule has 0 radical (unpaired) electrons. The number of amides is 1. The van der Waals surface area contributed by atoms with Gasteiger partial charge in [-0.2, -0.15) is 0 Å². The maximum atomic E-state index is 15.1. The van der Waals surface area contributed by atoms with Crippen LogP contribution in [0.5, 0.6) is 17.2 Å². The number of hydrogen-bond acceptors (Lipinski definition) is 7. The highest BCUT2D eigenvalue weighted by Gasteiger charge is 2.36. The number of carbonyl (C=O) groups is 3. The number of hydrogen-bond donors (Lipinski definition) is 2. The molecule has 10 nitrogen and oxygen atoms in total. The molecule has 2 aliphatic heterocycles. The topological polar surface area (TPSA) is 129 Å². The summed E-state index contributed by atoms with van der Waals surface area (Å²) in [6.07, 6.45) is 0.188. The highest BCUT2D eigenvalue weighted by Crippen LogP contribution is 2.39. The lowest BCUT2D eigenvalue weighted by Gasteiger charge is -2.26. The minimum atomic E-state index is -1.08. The molecule has 11 heteroatoms. The normalized spacial score (nSPS) is 16.8. The summed E-state index contributed by atoms with van der Waals surface area (Å²) in [5.74, 6) is -1.87. The van der Waals surface area contributed by atoms with Gasteiger partial charge in [-0.15, -0.1) is 0 Å². The van der Waals surface area contributed by atoms with Crippen molar-refractivity contribution in [2.24, 2.45) is 0 Å². The first-order valence-electron chi connectivity index (χ1n) is 12.5. The van der Waals surface area contributed by atoms with Crippen LogP contribution in [0.2, 0.25) is 0 Å². The van der Waals surface area contributed by atoms with Crippen LogP contribution in [0.1, 0.15) is 60.7 Å². The van der Waals surface area contributed by atoms with Crippen LogP contribution in [-0.4, -0.2) is 71.9 Å². The molecule has 1 atom stereocenters. The molecular weight excluding hydrogens is 509 g/mol. The standard InChI is InChI=1S/C28H32FN3O7/c1-28(2,3)17-11-15(8-9-20(17)39-27(36)32-10-6-7-18(32)26(34)35)19(33)14-31-13-16-12-21(37-4)24(38-5)23(29)22(16)25(31)30/h8-9,11-12,18,30H,6-7,10,13-14H2,1-5H3,(H,34,35). The first kappa shape index (κ1) is 27.9. The molecule has 0 aliphatic carbocycles. The number of Topliss-reactive ketones (excluding diaryl/α,β-unsaturated/α-hetero) is 1. The Balaban J connectivity index is 1.55. The number of aliphatic carboxylic acids is 1. The van der Waals surface area contributed by atoms with E-state index in [-0.39, 0.29) is 47.5 Å². The number of amidine groups is 1. The Morgan fingerprint density at radius 1 is 1.13 bits per heavy atom. The molecule has 0 spiro atoms. The number of carbonyl (C=O) groups excluding carboxylic acids is 2. The number of carboxylic acid groups (broad SMARTS) is 1. The maximum Gasteiger partial charge on any atom is 0.415 e. The van der Waals surface area contributed by atoms with Gasteiger partial charge in [0, 0.05) is 24.2 Å². The predicted octanol–water partition coefficient (Wildman–Crippen LogP) is 4.21. The van der Waals surface area contributed by atoms with E-state index in [0.29, 0.717) is 36.1 Å². The minimum Gasteiger partial charge on any atom is -0.493 e. The first-order chi connectivity index (χ1) is 18.4. The lowest BCUT2D eigenvalue weighted by Crippen LogP contribution is -2.42. The number of nitrogens with one attached hydrogen (secondary N) is 1. The molecule has 1 unspecified atom stereocenters. The second-order valence-corrected chi connectivity index (χ2v) is 10.6. The van der Waals surface area contributed by atoms with Gasteiger partial charge in [-0.25, -0.2) is 14.0 Å². The summed E-state index contributed by atoms with van der Waals surface area (Å²) in [7, 11) is 2.71. The van der Waals surface area contributed by atoms with E-state index in [0.717, 1.165) is 0 Å². The van der Waals surface area contributed by atoms with Crippen molar-refractivity contribution in [1.29, 1.82) is 5.41 Å². The van der Waals surface area contributed by atoms with E-state index in [4.69, 9.17) is 19.6 Å². The van der Waals surface area contributed by atoms with Gasteiger partial charge in [-0.3, -0.25) is 15.1 Å². The number of ketones is 1. The fourth-order valence-electron chi connectivity index (χ4n) is 5.00. The number of likely N-dealkylation sites (tertiary alicyclic amines) is 1. The molecule has 0 saturated carbocycles. The summed E-state index contributed by atoms with van der Waals surface area (Å²) < 4.78 is 31.0. The van der Waals surface area contributed by atoms with Crippen LogP contribution in [0.25, 0.3) is 0 Å². The molecule has 2 aliphatic rings. The van der Waals surface area contributed by atoms with E-state index in [2.05, 4.69) is 0 Å². The van der Waals surface area contributed by atoms with Crippen molar-refractivity contribution in [3.63, 3.8) is 0 Å². The Morgan fingerprint density at radius 3 is 2.46 bits per heavy atom. The molecule has 39 heavy (non-hydrogen) atoms. The molecule has 1 fully saturated rings. The Kier molecular flexibility index (Phi) is 7.54. The second-order valence-electron chi connectivity index (χ2n) is 10.6. The number of fused-ring (bicyclic) bond motifs is 1. The molecule has 1 saturated heterocycles. The third-order valence-electron chi connectivity index (χ3n) is 7.02. The van der Waals surface area contributed by atoms with Crippen molar-refractivity contribution in [3.05, 3.63) is 52.3 Å². The Labute approximate surface area is 225 Å². The average Bonchev–Trinajstić information content (AvgIpc) is 3.49. The van der Waals surface area contributed by atoms with Crippen molar-refractivity contribution in [2.75, 3.05) is 27.3 Å². The van der Waals surface area contributed by atoms with E-state index in [9.17, 15) is 19.5 Å². The number of carboxylic acids is 1. The van der Waals surface area contributed by atoms with Gasteiger partial charge in [0.1, 0.15) is 17.6 Å². The second kappa shape index (κ2) is 10.5. The van der Waals surface area contributed by atoms with Crippen LogP contribution >= 0.6 is 0 Å². The summed E-state index contributed by atoms with van der Waals surface area (Å²) >= 11 is 0. The van der Waals surface area contributed by atoms with Gasteiger partial charge in [-0.1, -0.05) is 20.8 Å². The minimum absolute atomic E-state index is 0.0691. The van der Waals surface area contributed by atoms with Gasteiger partial charge in [0.15, 0.2) is 23.1 Å². The molecule has 1 amide bonds. The van der Waals surface area contributed by atoms with Gasteiger partial charge in [0.2, 0.25) is 0 Å². The first-order valence-corrected chi connectivity index (χ1v) is 12.5. The van der Waals surface area contributed by atoms with Crippen molar-refractivity contribution in [1.82, 2.24) is 9.80 Å². The smallest absolute Gasteiger partial charge is 0.415 e. The van der Waals surface area contributed by atoms with Crippen molar-refractivity contribution >= 4 is 23.7 Å². The molecular formula is C28H32FN3O7. The van der Waals surface area contributed by atoms with Crippen LogP contribution in [0.3, 0.4) is 0 Å². The number of nitrogens with zero attached hydrogens (tertiary/aromatic N) is 2. The molecule has 2 heterocycles. The molecule has 208 valence electrons. The van der Waals surface area contributed by atoms with Crippen LogP contribution in [0, 0.1) is 11.2 Å². The zero-order valence-corrected chi connectivity index (χ0v) is 22.6. The van der Waals surface area contributed by atoms with Gasteiger partial charge >= 0.3 is 12.1 Å². The maximum absolute atomic E-state index is 15.1. The van der Waals surface area contributed by atoms with Crippen molar-refractivity contribution < 1.29 is 38.1 Å². The van der Waals surface area contributed by atoms with Gasteiger partial charge in [0.05, 0.1) is 26.3 Å². The monoisotopic (exact) mass is 541 g/mol. The van der Waals surface area contributed by atoms with E-state index < -0.39 is 29.3 Å². The number of ether oxygens (including phenoxy) is 3. The lowest BCUT2D eigenvalue weighted by molar-refractivity contribution is -0.141. The molecule has 4 rings (SSSR count). The summed E-state index contributed by atoms with van der Waals surface area (Å²) in [4.78, 5) is 40.3. The Hall–Kier alpha value is -4.15. The molecule has 2 N–H and O–H groups in total. The number of rotatable bonds is 7. The van der Waals surface area contributed by atoms with E-state index in [1.807, 2.05) is 20.8 Å². The average molecular weight is 542 g/mol. The molecule has 2 aromatic carbocycles. The van der Waals surface area contributed by atoms with Gasteiger partial charge in [-0.05, 0) is 48.1 Å². The third kappa shape index (κ3) is 5.25. The van der Waals surface area contributed by atoms with E-state index in [1.54, 1.807) is 12.1 Å². The highest BCUT2D eigenvalue weighted by atomic mass is 19.1. The van der Waals surface area contributed by atoms with E-state index >= 15 is 4.39 Å². The summed E-state index contributed by atoms with van der Waals surface area (Å²) in [5, 5.41) is 17.9. The zero-order valence-electron chi connectivity index (χ0n) is 22.6. The van der Waals surface area contributed by atoms with Gasteiger partial charge < -0.3 is 24.2 Å². The van der Waals surface area contributed by atoms with Crippen LogP contribution in [0.4, 0.5) is 9.18 Å². The van der Waals surface area contributed by atoms with Crippen LogP contribution in [0.15, 0.2) is 24.3 Å². The number of benzene rings is 2. The molecule has 0 bridgehead atoms. The number of methoxy groups -OCH3 is 2. The third-order valence-corrected chi connectivity index (χ3v) is 7.02. The fourth-order valence-corrected chi connectivity index (χ4v) is 5.00. The quantitative estimate of drug-likeness (QED) is 0.499. The molecule has 0 aromatic heterocycles. The van der Waals surface area contributed by atoms with E-state index in [1.165, 1.54) is 36.2 Å². The highest BCUT2D eigenvalue weighted by molar-refractivity contribution is 6.06. The van der Waals surface area contributed by atoms with Crippen molar-refractivity contribution in [2.45, 2.75) is 51.6 Å². The Bertz CT molecular complexity index is 1350. The number of halogens is 1. The largest absolute Gasteiger partial charge is 0.493 e. The SMILES string of the molecule is COc1cc2c(c(F)c1OC)C(=N)N(CC(=O)c1ccc(OC(=O)N3CCCC3C(=O)O)c(C(C)(C)C)c1)C2. The van der Waals surface area contributed by atoms with Crippen molar-refractivity contribution in [3.8, 4) is 17.2 Å². The van der Waals surface area contributed by atoms with Crippen LogP contribution < -0.4 is 14.2 Å². The zero-order chi connectivity index (χ0) is 28.6. The fraction of sp³-hybridized carbons (Fsp3) is 0.429.